The van der Waals surface area contributed by atoms with Crippen molar-refractivity contribution in [1.82, 2.24) is 9.78 Å². The Kier molecular flexibility index (Phi) is 3.91. The summed E-state index contributed by atoms with van der Waals surface area (Å²) in [4.78, 5) is 1.34. The van der Waals surface area contributed by atoms with Crippen molar-refractivity contribution in [2.75, 3.05) is 11.1 Å². The van der Waals surface area contributed by atoms with Crippen LogP contribution in [0.3, 0.4) is 0 Å². The van der Waals surface area contributed by atoms with Gasteiger partial charge in [0.05, 0.1) is 17.9 Å². The van der Waals surface area contributed by atoms with Crippen LogP contribution in [0.5, 0.6) is 0 Å². The standard InChI is InChI=1S/C13H20N4S/c1-4-5-10-12(14)13(17(3)16-10)15-8-11-9(2)6-7-18-11/h6-7,15H,4-5,8,14H2,1-3H3. The Balaban J connectivity index is 2.12. The minimum Gasteiger partial charge on any atom is -0.394 e. The number of aromatic nitrogens is 2. The van der Waals surface area contributed by atoms with E-state index in [-0.39, 0.29) is 0 Å². The van der Waals surface area contributed by atoms with Crippen LogP contribution in [-0.4, -0.2) is 9.78 Å². The van der Waals surface area contributed by atoms with E-state index in [4.69, 9.17) is 5.73 Å². The summed E-state index contributed by atoms with van der Waals surface area (Å²) in [6.07, 6.45) is 1.99. The van der Waals surface area contributed by atoms with E-state index in [1.807, 2.05) is 11.7 Å². The quantitative estimate of drug-likeness (QED) is 0.873. The van der Waals surface area contributed by atoms with Gasteiger partial charge in [0.25, 0.3) is 0 Å². The van der Waals surface area contributed by atoms with Crippen molar-refractivity contribution in [2.45, 2.75) is 33.2 Å². The van der Waals surface area contributed by atoms with Crippen molar-refractivity contribution in [3.05, 3.63) is 27.6 Å². The lowest BCUT2D eigenvalue weighted by Crippen LogP contribution is -2.06. The first-order chi connectivity index (χ1) is 8.63. The summed E-state index contributed by atoms with van der Waals surface area (Å²) in [6, 6.07) is 2.14. The molecule has 0 aromatic carbocycles. The Bertz CT molecular complexity index is 527. The molecule has 0 aliphatic heterocycles. The molecule has 98 valence electrons. The topological polar surface area (TPSA) is 55.9 Å². The SMILES string of the molecule is CCCc1nn(C)c(NCc2sccc2C)c1N. The van der Waals surface area contributed by atoms with Crippen LogP contribution < -0.4 is 11.1 Å². The van der Waals surface area contributed by atoms with Crippen LogP contribution >= 0.6 is 11.3 Å². The molecule has 2 aromatic heterocycles. The molecule has 0 saturated heterocycles. The number of nitrogen functional groups attached to an aromatic ring is 1. The third-order valence-corrected chi connectivity index (χ3v) is 4.05. The van der Waals surface area contributed by atoms with Crippen LogP contribution in [0, 0.1) is 6.92 Å². The van der Waals surface area contributed by atoms with Gasteiger partial charge in [-0.3, -0.25) is 4.68 Å². The lowest BCUT2D eigenvalue weighted by atomic mass is 10.2. The molecule has 0 amide bonds. The lowest BCUT2D eigenvalue weighted by molar-refractivity contribution is 0.735. The smallest absolute Gasteiger partial charge is 0.148 e. The number of thiophene rings is 1. The number of anilines is 2. The fraction of sp³-hybridized carbons (Fsp3) is 0.462. The monoisotopic (exact) mass is 264 g/mol. The molecule has 0 aliphatic carbocycles. The highest BCUT2D eigenvalue weighted by atomic mass is 32.1. The molecule has 0 aliphatic rings. The maximum Gasteiger partial charge on any atom is 0.148 e. The van der Waals surface area contributed by atoms with Crippen molar-refractivity contribution in [2.24, 2.45) is 7.05 Å². The zero-order valence-electron chi connectivity index (χ0n) is 11.2. The van der Waals surface area contributed by atoms with Crippen LogP contribution in [0.1, 0.15) is 29.5 Å². The molecule has 3 N–H and O–H groups in total. The molecule has 0 bridgehead atoms. The summed E-state index contributed by atoms with van der Waals surface area (Å²) in [5.74, 6) is 0.922. The Morgan fingerprint density at radius 1 is 1.50 bits per heavy atom. The number of hydrogen-bond acceptors (Lipinski definition) is 4. The van der Waals surface area contributed by atoms with Crippen molar-refractivity contribution in [3.63, 3.8) is 0 Å². The molecule has 0 fully saturated rings. The lowest BCUT2D eigenvalue weighted by Gasteiger charge is -2.07. The van der Waals surface area contributed by atoms with Crippen LogP contribution in [0.2, 0.25) is 0 Å². The average molecular weight is 264 g/mol. The van der Waals surface area contributed by atoms with Crippen molar-refractivity contribution < 1.29 is 0 Å². The van der Waals surface area contributed by atoms with Gasteiger partial charge in [-0.25, -0.2) is 0 Å². The Morgan fingerprint density at radius 2 is 2.28 bits per heavy atom. The van der Waals surface area contributed by atoms with Crippen molar-refractivity contribution >= 4 is 22.8 Å². The summed E-state index contributed by atoms with van der Waals surface area (Å²) in [6.45, 7) is 5.07. The van der Waals surface area contributed by atoms with Crippen LogP contribution in [-0.2, 0) is 20.0 Å². The third-order valence-electron chi connectivity index (χ3n) is 3.03. The summed E-state index contributed by atoms with van der Waals surface area (Å²) in [5, 5.41) is 9.96. The number of nitrogens with one attached hydrogen (secondary N) is 1. The predicted molar refractivity (Wildman–Crippen MR) is 78.0 cm³/mol. The number of hydrogen-bond donors (Lipinski definition) is 2. The van der Waals surface area contributed by atoms with E-state index >= 15 is 0 Å². The Labute approximate surface area is 112 Å². The van der Waals surface area contributed by atoms with Gasteiger partial charge < -0.3 is 11.1 Å². The summed E-state index contributed by atoms with van der Waals surface area (Å²) in [7, 11) is 1.93. The Morgan fingerprint density at radius 3 is 2.89 bits per heavy atom. The minimum atomic E-state index is 0.786. The summed E-state index contributed by atoms with van der Waals surface area (Å²) in [5.41, 5.74) is 9.22. The van der Waals surface area contributed by atoms with E-state index < -0.39 is 0 Å². The number of aryl methyl sites for hydroxylation is 3. The highest BCUT2D eigenvalue weighted by Gasteiger charge is 2.12. The van der Waals surface area contributed by atoms with Gasteiger partial charge in [0, 0.05) is 11.9 Å². The van der Waals surface area contributed by atoms with Gasteiger partial charge in [0.2, 0.25) is 0 Å². The summed E-state index contributed by atoms with van der Waals surface area (Å²) >= 11 is 1.76. The Hall–Kier alpha value is -1.49. The first-order valence-electron chi connectivity index (χ1n) is 6.21. The molecule has 0 saturated carbocycles. The second kappa shape index (κ2) is 5.44. The normalized spacial score (nSPS) is 10.8. The van der Waals surface area contributed by atoms with Gasteiger partial charge in [-0.05, 0) is 30.4 Å². The summed E-state index contributed by atoms with van der Waals surface area (Å²) < 4.78 is 1.84. The molecule has 0 unspecified atom stereocenters. The van der Waals surface area contributed by atoms with Crippen LogP contribution in [0.25, 0.3) is 0 Å². The molecule has 2 heterocycles. The van der Waals surface area contributed by atoms with E-state index in [0.717, 1.165) is 36.6 Å². The average Bonchev–Trinajstić information content (AvgIpc) is 2.84. The zero-order chi connectivity index (χ0) is 13.1. The molecule has 5 heteroatoms. The van der Waals surface area contributed by atoms with Gasteiger partial charge in [-0.15, -0.1) is 11.3 Å². The molecular weight excluding hydrogens is 244 g/mol. The largest absolute Gasteiger partial charge is 0.394 e. The van der Waals surface area contributed by atoms with Gasteiger partial charge in [0.1, 0.15) is 5.82 Å². The molecule has 2 aromatic rings. The van der Waals surface area contributed by atoms with Crippen molar-refractivity contribution in [1.29, 1.82) is 0 Å². The molecule has 2 rings (SSSR count). The van der Waals surface area contributed by atoms with Crippen LogP contribution in [0.4, 0.5) is 11.5 Å². The molecule has 0 radical (unpaired) electrons. The zero-order valence-corrected chi connectivity index (χ0v) is 12.0. The molecule has 0 spiro atoms. The highest BCUT2D eigenvalue weighted by Crippen LogP contribution is 2.25. The van der Waals surface area contributed by atoms with E-state index in [9.17, 15) is 0 Å². The second-order valence-corrected chi connectivity index (χ2v) is 5.46. The third kappa shape index (κ3) is 2.51. The fourth-order valence-electron chi connectivity index (χ4n) is 1.98. The van der Waals surface area contributed by atoms with Gasteiger partial charge in [0.15, 0.2) is 0 Å². The maximum atomic E-state index is 6.13. The maximum absolute atomic E-state index is 6.13. The van der Waals surface area contributed by atoms with E-state index in [1.54, 1.807) is 11.3 Å². The molecular formula is C13H20N4S. The molecule has 0 atom stereocenters. The van der Waals surface area contributed by atoms with E-state index in [1.165, 1.54) is 10.4 Å². The minimum absolute atomic E-state index is 0.786. The van der Waals surface area contributed by atoms with E-state index in [2.05, 4.69) is 35.7 Å². The van der Waals surface area contributed by atoms with Crippen LogP contribution in [0.15, 0.2) is 11.4 Å². The number of nitrogens with zero attached hydrogens (tertiary/aromatic N) is 2. The molecule has 18 heavy (non-hydrogen) atoms. The van der Waals surface area contributed by atoms with Gasteiger partial charge >= 0.3 is 0 Å². The first-order valence-corrected chi connectivity index (χ1v) is 7.09. The van der Waals surface area contributed by atoms with Gasteiger partial charge in [-0.2, -0.15) is 5.10 Å². The van der Waals surface area contributed by atoms with Gasteiger partial charge in [-0.1, -0.05) is 13.3 Å². The fourth-order valence-corrected chi connectivity index (χ4v) is 2.82. The number of rotatable bonds is 5. The second-order valence-electron chi connectivity index (χ2n) is 4.46. The number of nitrogens with two attached hydrogens (primary N) is 1. The highest BCUT2D eigenvalue weighted by molar-refractivity contribution is 7.10. The van der Waals surface area contributed by atoms with Crippen molar-refractivity contribution in [3.8, 4) is 0 Å². The molecule has 4 nitrogen and oxygen atoms in total. The van der Waals surface area contributed by atoms with E-state index in [0.29, 0.717) is 0 Å². The first kappa shape index (κ1) is 13.0. The predicted octanol–water partition coefficient (Wildman–Crippen LogP) is 2.94.